The fourth-order valence-electron chi connectivity index (χ4n) is 2.23. The number of hydrogen-bond acceptors (Lipinski definition) is 5. The van der Waals surface area contributed by atoms with E-state index >= 15 is 0 Å². The van der Waals surface area contributed by atoms with Crippen molar-refractivity contribution in [3.8, 4) is 11.1 Å². The molecular weight excluding hydrogens is 240 g/mol. The quantitative estimate of drug-likeness (QED) is 0.529. The van der Waals surface area contributed by atoms with Crippen LogP contribution in [0.25, 0.3) is 11.1 Å². The first-order valence-corrected chi connectivity index (χ1v) is 5.97. The van der Waals surface area contributed by atoms with Crippen molar-refractivity contribution < 1.29 is 5.11 Å². The van der Waals surface area contributed by atoms with Crippen LogP contribution in [0, 0.1) is 0 Å². The smallest absolute Gasteiger partial charge is 0.0472 e. The van der Waals surface area contributed by atoms with Crippen LogP contribution in [0.1, 0.15) is 5.56 Å². The molecule has 0 aliphatic heterocycles. The Morgan fingerprint density at radius 2 is 1.53 bits per heavy atom. The normalized spacial score (nSPS) is 10.6. The highest BCUT2D eigenvalue weighted by Crippen LogP contribution is 2.37. The number of anilines is 4. The molecule has 0 aliphatic rings. The summed E-state index contributed by atoms with van der Waals surface area (Å²) in [6.07, 6.45) is 0.426. The first-order valence-electron chi connectivity index (χ1n) is 5.97. The number of aliphatic hydroxyl groups excluding tert-OH is 1. The highest BCUT2D eigenvalue weighted by molar-refractivity contribution is 5.91. The monoisotopic (exact) mass is 258 g/mol. The molecule has 0 aromatic heterocycles. The molecule has 0 radical (unpaired) electrons. The van der Waals surface area contributed by atoms with Gasteiger partial charge in [-0.25, -0.2) is 0 Å². The van der Waals surface area contributed by atoms with E-state index in [0.717, 1.165) is 11.1 Å². The van der Waals surface area contributed by atoms with Gasteiger partial charge in [0.15, 0.2) is 0 Å². The molecule has 19 heavy (non-hydrogen) atoms. The summed E-state index contributed by atoms with van der Waals surface area (Å²) in [4.78, 5) is 0. The Morgan fingerprint density at radius 3 is 2.11 bits per heavy atom. The summed E-state index contributed by atoms with van der Waals surface area (Å²) in [5.41, 5.74) is 28.3. The molecule has 9 N–H and O–H groups in total. The van der Waals surface area contributed by atoms with Crippen LogP contribution in [0.4, 0.5) is 22.7 Å². The molecule has 2 aromatic rings. The van der Waals surface area contributed by atoms with Crippen LogP contribution >= 0.6 is 0 Å². The van der Waals surface area contributed by atoms with Gasteiger partial charge >= 0.3 is 0 Å². The number of rotatable bonds is 3. The van der Waals surface area contributed by atoms with Crippen molar-refractivity contribution in [2.45, 2.75) is 6.42 Å². The molecule has 0 spiro atoms. The molecular formula is C14H18N4O. The zero-order valence-corrected chi connectivity index (χ0v) is 10.6. The van der Waals surface area contributed by atoms with Crippen molar-refractivity contribution >= 4 is 22.7 Å². The van der Waals surface area contributed by atoms with Gasteiger partial charge in [0.1, 0.15) is 0 Å². The fourth-order valence-corrected chi connectivity index (χ4v) is 2.23. The minimum Gasteiger partial charge on any atom is -0.399 e. The zero-order chi connectivity index (χ0) is 14.0. The summed E-state index contributed by atoms with van der Waals surface area (Å²) >= 11 is 0. The lowest BCUT2D eigenvalue weighted by Crippen LogP contribution is -2.05. The number of benzene rings is 2. The molecule has 5 heteroatoms. The first-order chi connectivity index (χ1) is 9.04. The fraction of sp³-hybridized carbons (Fsp3) is 0.143. The SMILES string of the molecule is Nc1cc(N)c(CCO)c(-c2c(N)cccc2N)c1. The summed E-state index contributed by atoms with van der Waals surface area (Å²) in [7, 11) is 0. The maximum atomic E-state index is 9.17. The topological polar surface area (TPSA) is 124 Å². The number of nitrogens with two attached hydrogens (primary N) is 4. The third-order valence-corrected chi connectivity index (χ3v) is 3.07. The molecule has 0 bridgehead atoms. The minimum absolute atomic E-state index is 0.00619. The largest absolute Gasteiger partial charge is 0.399 e. The average molecular weight is 258 g/mol. The van der Waals surface area contributed by atoms with Crippen molar-refractivity contribution in [1.82, 2.24) is 0 Å². The Hall–Kier alpha value is -2.40. The van der Waals surface area contributed by atoms with Gasteiger partial charge in [-0.1, -0.05) is 6.07 Å². The second kappa shape index (κ2) is 5.07. The summed E-state index contributed by atoms with van der Waals surface area (Å²) in [6, 6.07) is 8.78. The lowest BCUT2D eigenvalue weighted by atomic mass is 9.93. The van der Waals surface area contributed by atoms with Gasteiger partial charge < -0.3 is 28.0 Å². The van der Waals surface area contributed by atoms with Gasteiger partial charge in [0.2, 0.25) is 0 Å². The van der Waals surface area contributed by atoms with Gasteiger partial charge in [-0.15, -0.1) is 0 Å². The molecule has 0 fully saturated rings. The maximum absolute atomic E-state index is 9.17. The van der Waals surface area contributed by atoms with Crippen molar-refractivity contribution in [2.75, 3.05) is 29.5 Å². The van der Waals surface area contributed by atoms with E-state index in [9.17, 15) is 5.11 Å². The minimum atomic E-state index is -0.00619. The van der Waals surface area contributed by atoms with E-state index in [0.29, 0.717) is 34.7 Å². The third-order valence-electron chi connectivity index (χ3n) is 3.07. The molecule has 0 saturated heterocycles. The van der Waals surface area contributed by atoms with Crippen molar-refractivity contribution in [1.29, 1.82) is 0 Å². The lowest BCUT2D eigenvalue weighted by molar-refractivity contribution is 0.300. The van der Waals surface area contributed by atoms with E-state index < -0.39 is 0 Å². The Kier molecular flexibility index (Phi) is 3.48. The standard InChI is InChI=1S/C14H18N4O/c15-8-6-10(9(4-5-19)13(18)7-8)14-11(16)2-1-3-12(14)17/h1-3,6-7,19H,4-5,15-18H2. The van der Waals surface area contributed by atoms with Crippen LogP contribution in [-0.2, 0) is 6.42 Å². The predicted octanol–water partition coefficient (Wildman–Crippen LogP) is 1.22. The zero-order valence-electron chi connectivity index (χ0n) is 10.6. The molecule has 5 nitrogen and oxygen atoms in total. The predicted molar refractivity (Wildman–Crippen MR) is 80.3 cm³/mol. The summed E-state index contributed by atoms with van der Waals surface area (Å²) in [5, 5.41) is 9.17. The third kappa shape index (κ3) is 2.41. The maximum Gasteiger partial charge on any atom is 0.0472 e. The number of hydrogen-bond donors (Lipinski definition) is 5. The van der Waals surface area contributed by atoms with Gasteiger partial charge in [-0.2, -0.15) is 0 Å². The van der Waals surface area contributed by atoms with Gasteiger partial charge in [-0.05, 0) is 41.8 Å². The Labute approximate surface area is 111 Å². The molecule has 0 amide bonds. The summed E-state index contributed by atoms with van der Waals surface area (Å²) < 4.78 is 0. The van der Waals surface area contributed by atoms with E-state index in [1.165, 1.54) is 0 Å². The Morgan fingerprint density at radius 1 is 0.895 bits per heavy atom. The van der Waals surface area contributed by atoms with E-state index in [-0.39, 0.29) is 6.61 Å². The van der Waals surface area contributed by atoms with Crippen LogP contribution in [0.15, 0.2) is 30.3 Å². The van der Waals surface area contributed by atoms with Crippen molar-refractivity contribution in [2.24, 2.45) is 0 Å². The average Bonchev–Trinajstić information content (AvgIpc) is 2.33. The van der Waals surface area contributed by atoms with Crippen molar-refractivity contribution in [3.05, 3.63) is 35.9 Å². The molecule has 0 unspecified atom stereocenters. The van der Waals surface area contributed by atoms with Gasteiger partial charge in [0.25, 0.3) is 0 Å². The second-order valence-electron chi connectivity index (χ2n) is 4.42. The molecule has 0 atom stereocenters. The van der Waals surface area contributed by atoms with E-state index in [4.69, 9.17) is 22.9 Å². The van der Waals surface area contributed by atoms with E-state index in [1.54, 1.807) is 30.3 Å². The van der Waals surface area contributed by atoms with Crippen LogP contribution in [0.5, 0.6) is 0 Å². The molecule has 0 aliphatic carbocycles. The molecule has 2 rings (SSSR count). The lowest BCUT2D eigenvalue weighted by Gasteiger charge is -2.16. The first kappa shape index (κ1) is 13.0. The van der Waals surface area contributed by atoms with E-state index in [1.807, 2.05) is 0 Å². The van der Waals surface area contributed by atoms with Crippen LogP contribution in [-0.4, -0.2) is 11.7 Å². The van der Waals surface area contributed by atoms with Crippen LogP contribution in [0.2, 0.25) is 0 Å². The van der Waals surface area contributed by atoms with Gasteiger partial charge in [-0.3, -0.25) is 0 Å². The Balaban J connectivity index is 2.73. The molecule has 0 heterocycles. The Bertz CT molecular complexity index is 590. The van der Waals surface area contributed by atoms with Crippen LogP contribution < -0.4 is 22.9 Å². The summed E-state index contributed by atoms with van der Waals surface area (Å²) in [5.74, 6) is 0. The van der Waals surface area contributed by atoms with Gasteiger partial charge in [0, 0.05) is 34.9 Å². The van der Waals surface area contributed by atoms with Gasteiger partial charge in [0.05, 0.1) is 0 Å². The number of aliphatic hydroxyl groups is 1. The van der Waals surface area contributed by atoms with Crippen molar-refractivity contribution in [3.63, 3.8) is 0 Å². The number of nitrogen functional groups attached to an aromatic ring is 4. The molecule has 2 aromatic carbocycles. The molecule has 0 saturated carbocycles. The molecule has 100 valence electrons. The highest BCUT2D eigenvalue weighted by atomic mass is 16.2. The second-order valence-corrected chi connectivity index (χ2v) is 4.42. The highest BCUT2D eigenvalue weighted by Gasteiger charge is 2.14. The van der Waals surface area contributed by atoms with Crippen LogP contribution in [0.3, 0.4) is 0 Å². The van der Waals surface area contributed by atoms with E-state index in [2.05, 4.69) is 0 Å². The summed E-state index contributed by atoms with van der Waals surface area (Å²) in [6.45, 7) is -0.00619.